The molecule has 5 rings (SSSR count). The zero-order valence-electron chi connectivity index (χ0n) is 24.4. The van der Waals surface area contributed by atoms with Crippen molar-refractivity contribution in [3.05, 3.63) is 98.4 Å². The van der Waals surface area contributed by atoms with Gasteiger partial charge in [-0.15, -0.1) is 0 Å². The highest BCUT2D eigenvalue weighted by Crippen LogP contribution is 2.39. The Hall–Kier alpha value is -2.54. The molecule has 7 nitrogen and oxygen atoms in total. The normalized spacial score (nSPS) is 14.3. The van der Waals surface area contributed by atoms with Crippen molar-refractivity contribution in [2.75, 3.05) is 25.4 Å². The van der Waals surface area contributed by atoms with Crippen molar-refractivity contribution in [1.82, 2.24) is 19.4 Å². The molecule has 238 valence electrons. The van der Waals surface area contributed by atoms with Crippen molar-refractivity contribution in [3.8, 4) is 5.82 Å². The summed E-state index contributed by atoms with van der Waals surface area (Å²) in [6, 6.07) is 10.3. The summed E-state index contributed by atoms with van der Waals surface area (Å²) in [7, 11) is -3.89. The summed E-state index contributed by atoms with van der Waals surface area (Å²) in [5, 5.41) is 1.27. The molecule has 4 aromatic rings. The van der Waals surface area contributed by atoms with E-state index in [0.29, 0.717) is 26.5 Å². The van der Waals surface area contributed by atoms with Crippen LogP contribution in [0.5, 0.6) is 0 Å². The summed E-state index contributed by atoms with van der Waals surface area (Å²) in [5.74, 6) is -2.58. The summed E-state index contributed by atoms with van der Waals surface area (Å²) >= 11 is 20.2. The fourth-order valence-electron chi connectivity index (χ4n) is 5.20. The van der Waals surface area contributed by atoms with Crippen LogP contribution >= 0.6 is 46.6 Å². The zero-order chi connectivity index (χ0) is 32.5. The number of halogens is 5. The van der Waals surface area contributed by atoms with Crippen LogP contribution in [0.4, 0.5) is 8.78 Å². The minimum absolute atomic E-state index is 0.0410. The molecule has 2 aromatic heterocycles. The number of imidazole rings is 1. The standard InChI is InChI=1S/C31H29Cl3F2N4O3S2/c1-31(2,20-6-8-24(32)26(34)11-20)28-15-38-30(40(28)29-27(36)12-21(35)14-37-29)44-17-19-5-7-23(13-25(19)33)45(42,43)18-22(41)16-39-9-3-4-10-39/h5-8,11-15H,3-4,9-10,16-18H2,1-2H3. The number of rotatable bonds is 11. The van der Waals surface area contributed by atoms with Crippen LogP contribution in [0.25, 0.3) is 5.82 Å². The number of carbonyl (C=O) groups is 1. The summed E-state index contributed by atoms with van der Waals surface area (Å²) in [5.41, 5.74) is 1.14. The molecule has 0 bridgehead atoms. The van der Waals surface area contributed by atoms with Gasteiger partial charge in [0.05, 0.1) is 39.6 Å². The lowest BCUT2D eigenvalue weighted by Gasteiger charge is -2.27. The average Bonchev–Trinajstić information content (AvgIpc) is 3.64. The van der Waals surface area contributed by atoms with Crippen molar-refractivity contribution >= 4 is 62.2 Å². The second-order valence-corrected chi connectivity index (χ2v) is 15.5. The summed E-state index contributed by atoms with van der Waals surface area (Å²) < 4.78 is 56.4. The van der Waals surface area contributed by atoms with Gasteiger partial charge in [-0.3, -0.25) is 14.3 Å². The van der Waals surface area contributed by atoms with Crippen molar-refractivity contribution < 1.29 is 22.0 Å². The van der Waals surface area contributed by atoms with Gasteiger partial charge in [0.25, 0.3) is 0 Å². The number of aromatic nitrogens is 3. The highest BCUT2D eigenvalue weighted by atomic mass is 35.5. The number of hydrogen-bond acceptors (Lipinski definition) is 7. The third-order valence-corrected chi connectivity index (χ3v) is 11.5. The number of likely N-dealkylation sites (tertiary alicyclic amines) is 1. The lowest BCUT2D eigenvalue weighted by Crippen LogP contribution is -2.30. The van der Waals surface area contributed by atoms with E-state index in [1.807, 2.05) is 24.8 Å². The lowest BCUT2D eigenvalue weighted by molar-refractivity contribution is -0.117. The van der Waals surface area contributed by atoms with E-state index in [-0.39, 0.29) is 33.8 Å². The predicted octanol–water partition coefficient (Wildman–Crippen LogP) is 7.56. The quantitative estimate of drug-likeness (QED) is 0.148. The molecule has 1 aliphatic heterocycles. The van der Waals surface area contributed by atoms with E-state index in [1.165, 1.54) is 28.5 Å². The van der Waals surface area contributed by atoms with E-state index in [0.717, 1.165) is 43.8 Å². The summed E-state index contributed by atoms with van der Waals surface area (Å²) in [6.45, 7) is 5.51. The molecule has 0 N–H and O–H groups in total. The SMILES string of the molecule is CC(C)(c1ccc(Cl)c(Cl)c1)c1cnc(SCc2ccc(S(=O)(=O)CC(=O)CN3CCCC3)cc2Cl)n1-c1ncc(F)cc1F. The Morgan fingerprint density at radius 1 is 0.956 bits per heavy atom. The second-order valence-electron chi connectivity index (χ2n) is 11.3. The predicted molar refractivity (Wildman–Crippen MR) is 174 cm³/mol. The van der Waals surface area contributed by atoms with Crippen LogP contribution in [0.1, 0.15) is 43.5 Å². The third-order valence-electron chi connectivity index (χ3n) is 7.70. The van der Waals surface area contributed by atoms with Gasteiger partial charge in [0, 0.05) is 22.3 Å². The molecule has 45 heavy (non-hydrogen) atoms. The van der Waals surface area contributed by atoms with E-state index >= 15 is 4.39 Å². The van der Waals surface area contributed by atoms with Crippen molar-refractivity contribution in [1.29, 1.82) is 0 Å². The van der Waals surface area contributed by atoms with Crippen LogP contribution in [0.3, 0.4) is 0 Å². The molecular weight excluding hydrogens is 685 g/mol. The van der Waals surface area contributed by atoms with Crippen molar-refractivity contribution in [2.24, 2.45) is 0 Å². The smallest absolute Gasteiger partial charge is 0.185 e. The van der Waals surface area contributed by atoms with Crippen LogP contribution in [0.15, 0.2) is 64.9 Å². The fraction of sp³-hybridized carbons (Fsp3) is 0.323. The first-order chi connectivity index (χ1) is 21.3. The number of hydrogen-bond donors (Lipinski definition) is 0. The van der Waals surface area contributed by atoms with Crippen LogP contribution in [-0.2, 0) is 25.8 Å². The molecule has 1 saturated heterocycles. The monoisotopic (exact) mass is 712 g/mol. The number of nitrogens with zero attached hydrogens (tertiary/aromatic N) is 4. The maximum atomic E-state index is 15.2. The molecular formula is C31H29Cl3F2N4O3S2. The number of thioether (sulfide) groups is 1. The Balaban J connectivity index is 1.42. The molecule has 14 heteroatoms. The topological polar surface area (TPSA) is 85.2 Å². The van der Waals surface area contributed by atoms with E-state index in [9.17, 15) is 17.6 Å². The Kier molecular flexibility index (Phi) is 10.3. The first-order valence-corrected chi connectivity index (χ1v) is 17.8. The fourth-order valence-corrected chi connectivity index (χ4v) is 8.12. The van der Waals surface area contributed by atoms with Crippen molar-refractivity contribution in [2.45, 2.75) is 47.9 Å². The molecule has 0 amide bonds. The number of pyridine rings is 1. The van der Waals surface area contributed by atoms with Gasteiger partial charge < -0.3 is 0 Å². The van der Waals surface area contributed by atoms with Gasteiger partial charge in [0.2, 0.25) is 0 Å². The Morgan fingerprint density at radius 2 is 1.69 bits per heavy atom. The summed E-state index contributed by atoms with van der Waals surface area (Å²) in [4.78, 5) is 23.0. The zero-order valence-corrected chi connectivity index (χ0v) is 28.3. The molecule has 0 unspecified atom stereocenters. The van der Waals surface area contributed by atoms with Crippen LogP contribution in [-0.4, -0.2) is 59.0 Å². The number of Topliss-reactive ketones (excluding diaryl/α,β-unsaturated/α-hetero) is 1. The van der Waals surface area contributed by atoms with Crippen molar-refractivity contribution in [3.63, 3.8) is 0 Å². The number of carbonyl (C=O) groups excluding carboxylic acids is 1. The minimum atomic E-state index is -3.89. The third kappa shape index (κ3) is 7.55. The largest absolute Gasteiger partial charge is 0.297 e. The molecule has 0 saturated carbocycles. The van der Waals surface area contributed by atoms with Gasteiger partial charge in [-0.05, 0) is 61.3 Å². The average molecular weight is 714 g/mol. The first kappa shape index (κ1) is 33.8. The maximum Gasteiger partial charge on any atom is 0.185 e. The van der Waals surface area contributed by atoms with Crippen LogP contribution in [0, 0.1) is 11.6 Å². The van der Waals surface area contributed by atoms with Gasteiger partial charge in [0.15, 0.2) is 32.4 Å². The molecule has 0 spiro atoms. The van der Waals surface area contributed by atoms with E-state index in [1.54, 1.807) is 24.4 Å². The van der Waals surface area contributed by atoms with Crippen LogP contribution in [0.2, 0.25) is 15.1 Å². The first-order valence-electron chi connectivity index (χ1n) is 14.0. The van der Waals surface area contributed by atoms with Gasteiger partial charge >= 0.3 is 0 Å². The highest BCUT2D eigenvalue weighted by molar-refractivity contribution is 7.98. The van der Waals surface area contributed by atoms with Crippen LogP contribution < -0.4 is 0 Å². The Morgan fingerprint density at radius 3 is 2.36 bits per heavy atom. The molecule has 0 radical (unpaired) electrons. The van der Waals surface area contributed by atoms with E-state index in [2.05, 4.69) is 9.97 Å². The lowest BCUT2D eigenvalue weighted by atomic mass is 9.81. The minimum Gasteiger partial charge on any atom is -0.297 e. The van der Waals surface area contributed by atoms with E-state index in [4.69, 9.17) is 34.8 Å². The number of sulfone groups is 1. The van der Waals surface area contributed by atoms with Gasteiger partial charge in [-0.1, -0.05) is 72.5 Å². The molecule has 1 fully saturated rings. The number of ketones is 1. The Labute approximate surface area is 279 Å². The van der Waals surface area contributed by atoms with Gasteiger partial charge in [-0.2, -0.15) is 0 Å². The van der Waals surface area contributed by atoms with Gasteiger partial charge in [-0.25, -0.2) is 27.2 Å². The van der Waals surface area contributed by atoms with E-state index < -0.39 is 32.6 Å². The summed E-state index contributed by atoms with van der Waals surface area (Å²) in [6.07, 6.45) is 4.52. The Bertz CT molecular complexity index is 1860. The molecule has 1 aliphatic rings. The molecule has 3 heterocycles. The molecule has 0 atom stereocenters. The maximum absolute atomic E-state index is 15.2. The highest BCUT2D eigenvalue weighted by Gasteiger charge is 2.32. The molecule has 2 aromatic carbocycles. The second kappa shape index (κ2) is 13.7. The van der Waals surface area contributed by atoms with Gasteiger partial charge in [0.1, 0.15) is 11.6 Å². The molecule has 0 aliphatic carbocycles. The number of benzene rings is 2.